The van der Waals surface area contributed by atoms with Gasteiger partial charge in [0.25, 0.3) is 0 Å². The van der Waals surface area contributed by atoms with Gasteiger partial charge in [-0.1, -0.05) is 0 Å². The van der Waals surface area contributed by atoms with Crippen molar-refractivity contribution >= 4 is 11.5 Å². The zero-order valence-corrected chi connectivity index (χ0v) is 18.2. The van der Waals surface area contributed by atoms with Gasteiger partial charge < -0.3 is 20.3 Å². The third kappa shape index (κ3) is 5.65. The molecule has 1 aliphatic heterocycles. The quantitative estimate of drug-likeness (QED) is 0.581. The fraction of sp³-hybridized carbons (Fsp3) is 0.524. The maximum atomic E-state index is 10.6. The lowest BCUT2D eigenvalue weighted by Gasteiger charge is -2.27. The van der Waals surface area contributed by atoms with Crippen LogP contribution in [0.2, 0.25) is 0 Å². The number of carboxylic acids is 1. The van der Waals surface area contributed by atoms with Crippen molar-refractivity contribution in [3.8, 4) is 17.1 Å². The van der Waals surface area contributed by atoms with Gasteiger partial charge in [-0.25, -0.2) is 14.3 Å². The van der Waals surface area contributed by atoms with E-state index >= 15 is 0 Å². The molecule has 10 nitrogen and oxygen atoms in total. The van der Waals surface area contributed by atoms with E-state index in [1.165, 1.54) is 0 Å². The topological polar surface area (TPSA) is 130 Å². The summed E-state index contributed by atoms with van der Waals surface area (Å²) in [7, 11) is 0. The molecular formula is C21H25F3N6O4. The molecule has 3 aromatic rings. The van der Waals surface area contributed by atoms with Gasteiger partial charge in [0.2, 0.25) is 5.88 Å². The molecule has 2 fully saturated rings. The predicted octanol–water partition coefficient (Wildman–Crippen LogP) is 2.84. The second-order valence-corrected chi connectivity index (χ2v) is 8.29. The summed E-state index contributed by atoms with van der Waals surface area (Å²) in [5, 5.41) is 16.0. The number of hydrogen-bond donors (Lipinski definition) is 2. The normalized spacial score (nSPS) is 22.9. The third-order valence-corrected chi connectivity index (χ3v) is 5.72. The summed E-state index contributed by atoms with van der Waals surface area (Å²) in [6.45, 7) is 1.50. The molecule has 1 saturated heterocycles. The molecule has 1 unspecified atom stereocenters. The van der Waals surface area contributed by atoms with Crippen molar-refractivity contribution in [1.29, 1.82) is 0 Å². The molecule has 3 N–H and O–H groups in total. The maximum Gasteiger partial charge on any atom is 0.490 e. The second kappa shape index (κ2) is 9.97. The first kappa shape index (κ1) is 24.0. The largest absolute Gasteiger partial charge is 0.490 e. The van der Waals surface area contributed by atoms with Gasteiger partial charge in [-0.05, 0) is 38.2 Å². The van der Waals surface area contributed by atoms with E-state index in [0.29, 0.717) is 18.5 Å². The molecular weight excluding hydrogens is 457 g/mol. The first-order valence-electron chi connectivity index (χ1n) is 10.9. The minimum atomic E-state index is -5.08. The molecule has 1 saturated carbocycles. The summed E-state index contributed by atoms with van der Waals surface area (Å²) >= 11 is 0. The van der Waals surface area contributed by atoms with Crippen LogP contribution < -0.4 is 10.5 Å². The Hall–Kier alpha value is -3.19. The van der Waals surface area contributed by atoms with E-state index in [2.05, 4.69) is 10.2 Å². The number of aliphatic carboxylic acids is 1. The summed E-state index contributed by atoms with van der Waals surface area (Å²) in [5.74, 6) is -2.14. The Balaban J connectivity index is 0.000000344. The van der Waals surface area contributed by atoms with Crippen molar-refractivity contribution in [3.05, 3.63) is 30.9 Å². The van der Waals surface area contributed by atoms with Gasteiger partial charge in [-0.2, -0.15) is 23.4 Å². The first-order chi connectivity index (χ1) is 16.2. The number of ether oxygens (including phenoxy) is 2. The average Bonchev–Trinajstić information content (AvgIpc) is 3.53. The summed E-state index contributed by atoms with van der Waals surface area (Å²) in [4.78, 5) is 13.7. The molecule has 0 bridgehead atoms. The molecule has 3 aromatic heterocycles. The van der Waals surface area contributed by atoms with E-state index in [0.717, 1.165) is 55.5 Å². The molecule has 184 valence electrons. The predicted molar refractivity (Wildman–Crippen MR) is 113 cm³/mol. The van der Waals surface area contributed by atoms with E-state index in [1.807, 2.05) is 33.9 Å². The number of alkyl halides is 3. The zero-order valence-electron chi connectivity index (χ0n) is 18.2. The number of fused-ring (bicyclic) bond motifs is 1. The molecule has 4 heterocycles. The van der Waals surface area contributed by atoms with Gasteiger partial charge in [0.1, 0.15) is 11.6 Å². The van der Waals surface area contributed by atoms with E-state index in [1.54, 1.807) is 6.20 Å². The fourth-order valence-corrected chi connectivity index (χ4v) is 3.97. The number of halogens is 3. The van der Waals surface area contributed by atoms with Crippen LogP contribution in [0, 0.1) is 0 Å². The third-order valence-electron chi connectivity index (χ3n) is 5.72. The first-order valence-corrected chi connectivity index (χ1v) is 10.9. The van der Waals surface area contributed by atoms with Crippen LogP contribution in [0.3, 0.4) is 0 Å². The number of nitrogens with two attached hydrogens (primary N) is 1. The van der Waals surface area contributed by atoms with E-state index in [-0.39, 0.29) is 12.1 Å². The number of rotatable bonds is 4. The molecule has 5 rings (SSSR count). The van der Waals surface area contributed by atoms with Crippen LogP contribution in [-0.2, 0) is 9.53 Å². The van der Waals surface area contributed by atoms with Crippen molar-refractivity contribution in [2.45, 2.75) is 56.5 Å². The minimum absolute atomic E-state index is 0.105. The van der Waals surface area contributed by atoms with Gasteiger partial charge in [0.15, 0.2) is 0 Å². The molecule has 1 aliphatic carbocycles. The Kier molecular flexibility index (Phi) is 7.03. The van der Waals surface area contributed by atoms with Gasteiger partial charge in [-0.3, -0.25) is 4.68 Å². The monoisotopic (exact) mass is 482 g/mol. The van der Waals surface area contributed by atoms with Crippen molar-refractivity contribution in [2.24, 2.45) is 5.73 Å². The number of hydrogen-bond acceptors (Lipinski definition) is 7. The van der Waals surface area contributed by atoms with E-state index in [9.17, 15) is 13.2 Å². The Labute approximate surface area is 192 Å². The summed E-state index contributed by atoms with van der Waals surface area (Å²) in [6, 6.07) is 2.43. The molecule has 13 heteroatoms. The standard InChI is InChI=1S/C19H24N6O2.C2HF3O2/c20-14-2-1-3-16(8-14)27-19-18-4-6-21-25(18)11-17(23-19)13-9-22-24(10-13)15-5-7-26-12-15;3-2(4,5)1(6)7/h4,6,9-11,14-16H,1-3,5,7-8,12,20H2;(H,6,7)/t14-,15?,16+;/m0./s1. The van der Waals surface area contributed by atoms with Crippen molar-refractivity contribution < 1.29 is 32.5 Å². The Morgan fingerprint density at radius 1 is 1.24 bits per heavy atom. The Morgan fingerprint density at radius 2 is 2.03 bits per heavy atom. The molecule has 0 radical (unpaired) electrons. The van der Waals surface area contributed by atoms with Crippen LogP contribution in [0.25, 0.3) is 16.8 Å². The Morgan fingerprint density at radius 3 is 2.71 bits per heavy atom. The Bertz CT molecular complexity index is 1130. The fourth-order valence-electron chi connectivity index (χ4n) is 3.97. The molecule has 0 amide bonds. The lowest BCUT2D eigenvalue weighted by atomic mass is 9.94. The van der Waals surface area contributed by atoms with Crippen LogP contribution in [0.5, 0.6) is 5.88 Å². The van der Waals surface area contributed by atoms with Crippen LogP contribution in [0.1, 0.15) is 38.1 Å². The van der Waals surface area contributed by atoms with Crippen molar-refractivity contribution in [2.75, 3.05) is 13.2 Å². The number of nitrogens with zero attached hydrogens (tertiary/aromatic N) is 5. The SMILES string of the molecule is N[C@H]1CCC[C@@H](Oc2nc(-c3cnn(C4CCOC4)c3)cn3nccc23)C1.O=C(O)C(F)(F)F. The number of aromatic nitrogens is 5. The molecule has 3 atom stereocenters. The summed E-state index contributed by atoms with van der Waals surface area (Å²) in [5.41, 5.74) is 8.73. The van der Waals surface area contributed by atoms with Crippen LogP contribution in [0.4, 0.5) is 13.2 Å². The van der Waals surface area contributed by atoms with Gasteiger partial charge in [0, 0.05) is 24.4 Å². The van der Waals surface area contributed by atoms with Crippen molar-refractivity contribution in [1.82, 2.24) is 24.4 Å². The molecule has 0 aromatic carbocycles. The van der Waals surface area contributed by atoms with E-state index in [4.69, 9.17) is 30.1 Å². The lowest BCUT2D eigenvalue weighted by molar-refractivity contribution is -0.192. The average molecular weight is 482 g/mol. The highest BCUT2D eigenvalue weighted by atomic mass is 19.4. The molecule has 0 spiro atoms. The van der Waals surface area contributed by atoms with Crippen LogP contribution >= 0.6 is 0 Å². The number of carboxylic acid groups (broad SMARTS) is 1. The van der Waals surface area contributed by atoms with Crippen LogP contribution in [0.15, 0.2) is 30.9 Å². The highest BCUT2D eigenvalue weighted by Gasteiger charge is 2.38. The van der Waals surface area contributed by atoms with Gasteiger partial charge in [0.05, 0.1) is 36.9 Å². The lowest BCUT2D eigenvalue weighted by Crippen LogP contribution is -2.34. The smallest absolute Gasteiger partial charge is 0.475 e. The zero-order chi connectivity index (χ0) is 24.3. The van der Waals surface area contributed by atoms with Crippen LogP contribution in [-0.4, -0.2) is 67.0 Å². The number of carbonyl (C=O) groups is 1. The highest BCUT2D eigenvalue weighted by molar-refractivity contribution is 5.73. The van der Waals surface area contributed by atoms with Gasteiger partial charge >= 0.3 is 12.1 Å². The highest BCUT2D eigenvalue weighted by Crippen LogP contribution is 2.29. The van der Waals surface area contributed by atoms with E-state index < -0.39 is 12.1 Å². The summed E-state index contributed by atoms with van der Waals surface area (Å²) < 4.78 is 47.3. The molecule has 34 heavy (non-hydrogen) atoms. The maximum absolute atomic E-state index is 10.6. The minimum Gasteiger partial charge on any atom is -0.475 e. The van der Waals surface area contributed by atoms with Gasteiger partial charge in [-0.15, -0.1) is 0 Å². The van der Waals surface area contributed by atoms with Crippen molar-refractivity contribution in [3.63, 3.8) is 0 Å². The second-order valence-electron chi connectivity index (χ2n) is 8.29. The molecule has 2 aliphatic rings. The summed E-state index contributed by atoms with van der Waals surface area (Å²) in [6.07, 6.45) is 7.60.